The van der Waals surface area contributed by atoms with Gasteiger partial charge in [-0.1, -0.05) is 6.92 Å². The largest absolute Gasteiger partial charge is 0.461 e. The lowest BCUT2D eigenvalue weighted by molar-refractivity contribution is 0.237. The summed E-state index contributed by atoms with van der Waals surface area (Å²) in [5.41, 5.74) is 3.23. The number of aromatic nitrogens is 6. The number of hydrogen-bond donors (Lipinski definition) is 1. The molecule has 1 aromatic carbocycles. The Bertz CT molecular complexity index is 1230. The van der Waals surface area contributed by atoms with Crippen molar-refractivity contribution >= 4 is 5.95 Å². The van der Waals surface area contributed by atoms with Crippen LogP contribution in [0.15, 0.2) is 55.0 Å². The van der Waals surface area contributed by atoms with Crippen LogP contribution < -0.4 is 10.1 Å². The second-order valence-electron chi connectivity index (χ2n) is 7.83. The Labute approximate surface area is 190 Å². The number of aryl methyl sites for hydroxylation is 1. The van der Waals surface area contributed by atoms with E-state index in [2.05, 4.69) is 31.8 Å². The van der Waals surface area contributed by atoms with E-state index in [0.29, 0.717) is 18.6 Å². The summed E-state index contributed by atoms with van der Waals surface area (Å²) in [7, 11) is 0. The maximum absolute atomic E-state index is 13.6. The smallest absolute Gasteiger partial charge is 0.316 e. The lowest BCUT2D eigenvalue weighted by atomic mass is 10.1. The molecule has 8 nitrogen and oxygen atoms in total. The fourth-order valence-electron chi connectivity index (χ4n) is 4.03. The summed E-state index contributed by atoms with van der Waals surface area (Å²) in [6.45, 7) is 3.29. The fourth-order valence-corrected chi connectivity index (χ4v) is 4.03. The van der Waals surface area contributed by atoms with E-state index in [1.807, 2.05) is 6.07 Å². The van der Waals surface area contributed by atoms with E-state index in [4.69, 9.17) is 14.7 Å². The van der Waals surface area contributed by atoms with E-state index >= 15 is 0 Å². The molecule has 0 bridgehead atoms. The molecule has 0 aliphatic carbocycles. The molecule has 4 heterocycles. The van der Waals surface area contributed by atoms with Crippen LogP contribution in [0.4, 0.5) is 10.3 Å². The van der Waals surface area contributed by atoms with Crippen molar-refractivity contribution in [1.29, 1.82) is 0 Å². The molecule has 1 atom stereocenters. The van der Waals surface area contributed by atoms with Gasteiger partial charge in [0.1, 0.15) is 18.2 Å². The van der Waals surface area contributed by atoms with E-state index < -0.39 is 0 Å². The van der Waals surface area contributed by atoms with Crippen LogP contribution in [-0.2, 0) is 6.42 Å². The zero-order valence-electron chi connectivity index (χ0n) is 18.3. The molecular formula is C24H24FN7O. The number of imidazole rings is 1. The minimum Gasteiger partial charge on any atom is -0.461 e. The van der Waals surface area contributed by atoms with Crippen molar-refractivity contribution in [2.75, 3.05) is 18.5 Å². The Morgan fingerprint density at radius 2 is 1.88 bits per heavy atom. The Morgan fingerprint density at radius 3 is 2.67 bits per heavy atom. The van der Waals surface area contributed by atoms with Gasteiger partial charge in [0.05, 0.1) is 23.1 Å². The fraction of sp³-hybridized carbons (Fsp3) is 0.292. The Hall–Kier alpha value is -3.88. The molecule has 1 unspecified atom stereocenters. The Balaban J connectivity index is 1.56. The number of benzene rings is 1. The highest BCUT2D eigenvalue weighted by atomic mass is 19.1. The molecule has 0 fully saturated rings. The topological polar surface area (TPSA) is 90.6 Å². The minimum atomic E-state index is -0.283. The SMILES string of the molecule is CCCNc1nccc(-c2c(-c3ccc(F)cc3)nc3n2C(COc2ncccn2)CC3)n1. The third-order valence-corrected chi connectivity index (χ3v) is 5.55. The predicted octanol–water partition coefficient (Wildman–Crippen LogP) is 4.32. The average Bonchev–Trinajstić information content (AvgIpc) is 3.42. The molecular weight excluding hydrogens is 421 g/mol. The molecule has 3 aromatic heterocycles. The van der Waals surface area contributed by atoms with Gasteiger partial charge in [-0.15, -0.1) is 0 Å². The monoisotopic (exact) mass is 445 g/mol. The maximum Gasteiger partial charge on any atom is 0.316 e. The summed E-state index contributed by atoms with van der Waals surface area (Å²) in [6.07, 6.45) is 7.72. The summed E-state index contributed by atoms with van der Waals surface area (Å²) in [5, 5.41) is 3.25. The Morgan fingerprint density at radius 1 is 1.06 bits per heavy atom. The summed E-state index contributed by atoms with van der Waals surface area (Å²) in [6, 6.07) is 10.4. The number of anilines is 1. The first-order valence-electron chi connectivity index (χ1n) is 11.1. The van der Waals surface area contributed by atoms with Gasteiger partial charge in [0.15, 0.2) is 0 Å². The van der Waals surface area contributed by atoms with Gasteiger partial charge in [-0.2, -0.15) is 0 Å². The molecule has 1 aliphatic heterocycles. The molecule has 0 amide bonds. The number of fused-ring (bicyclic) bond motifs is 1. The summed E-state index contributed by atoms with van der Waals surface area (Å²) in [5.74, 6) is 1.24. The molecule has 5 rings (SSSR count). The number of rotatable bonds is 8. The predicted molar refractivity (Wildman–Crippen MR) is 122 cm³/mol. The second-order valence-corrected chi connectivity index (χ2v) is 7.83. The highest BCUT2D eigenvalue weighted by Crippen LogP contribution is 2.39. The van der Waals surface area contributed by atoms with E-state index in [1.165, 1.54) is 12.1 Å². The third kappa shape index (κ3) is 4.39. The number of ether oxygens (including phenoxy) is 1. The number of nitrogens with zero attached hydrogens (tertiary/aromatic N) is 6. The van der Waals surface area contributed by atoms with Crippen LogP contribution in [0.5, 0.6) is 6.01 Å². The number of hydrogen-bond acceptors (Lipinski definition) is 7. The van der Waals surface area contributed by atoms with Crippen LogP contribution in [0.3, 0.4) is 0 Å². The summed E-state index contributed by atoms with van der Waals surface area (Å²) in [4.78, 5) is 22.4. The molecule has 4 aromatic rings. The van der Waals surface area contributed by atoms with E-state index in [9.17, 15) is 4.39 Å². The van der Waals surface area contributed by atoms with Crippen LogP contribution >= 0.6 is 0 Å². The zero-order chi connectivity index (χ0) is 22.6. The van der Waals surface area contributed by atoms with Crippen LogP contribution in [-0.4, -0.2) is 42.6 Å². The van der Waals surface area contributed by atoms with Crippen LogP contribution in [0.25, 0.3) is 22.6 Å². The molecule has 9 heteroatoms. The van der Waals surface area contributed by atoms with Crippen LogP contribution in [0.2, 0.25) is 0 Å². The molecule has 1 N–H and O–H groups in total. The van der Waals surface area contributed by atoms with Gasteiger partial charge in [0, 0.05) is 37.1 Å². The quantitative estimate of drug-likeness (QED) is 0.432. The van der Waals surface area contributed by atoms with Gasteiger partial charge >= 0.3 is 6.01 Å². The molecule has 33 heavy (non-hydrogen) atoms. The Kier molecular flexibility index (Phi) is 5.93. The zero-order valence-corrected chi connectivity index (χ0v) is 18.3. The molecule has 0 radical (unpaired) electrons. The first kappa shape index (κ1) is 21.0. The summed E-state index contributed by atoms with van der Waals surface area (Å²) < 4.78 is 21.7. The van der Waals surface area contributed by atoms with Crippen molar-refractivity contribution in [2.24, 2.45) is 0 Å². The minimum absolute atomic E-state index is 0.0440. The van der Waals surface area contributed by atoms with Crippen LogP contribution in [0, 0.1) is 5.82 Å². The summed E-state index contributed by atoms with van der Waals surface area (Å²) >= 11 is 0. The maximum atomic E-state index is 13.6. The first-order chi connectivity index (χ1) is 16.2. The van der Waals surface area contributed by atoms with Gasteiger partial charge in [0.25, 0.3) is 0 Å². The second kappa shape index (κ2) is 9.32. The molecule has 0 saturated carbocycles. The van der Waals surface area contributed by atoms with E-state index in [1.54, 1.807) is 36.8 Å². The average molecular weight is 446 g/mol. The van der Waals surface area contributed by atoms with Gasteiger partial charge in [0.2, 0.25) is 5.95 Å². The molecule has 1 aliphatic rings. The molecule has 0 spiro atoms. The van der Waals surface area contributed by atoms with Crippen molar-refractivity contribution < 1.29 is 9.13 Å². The normalized spacial score (nSPS) is 14.8. The van der Waals surface area contributed by atoms with Crippen molar-refractivity contribution in [2.45, 2.75) is 32.2 Å². The van der Waals surface area contributed by atoms with Crippen molar-refractivity contribution in [3.8, 4) is 28.7 Å². The van der Waals surface area contributed by atoms with E-state index in [0.717, 1.165) is 54.3 Å². The molecule has 168 valence electrons. The number of halogens is 1. The molecule has 0 saturated heterocycles. The lowest BCUT2D eigenvalue weighted by Gasteiger charge is -2.17. The van der Waals surface area contributed by atoms with Gasteiger partial charge < -0.3 is 14.6 Å². The number of nitrogens with one attached hydrogen (secondary N) is 1. The van der Waals surface area contributed by atoms with Crippen molar-refractivity contribution in [3.63, 3.8) is 0 Å². The first-order valence-corrected chi connectivity index (χ1v) is 11.1. The third-order valence-electron chi connectivity index (χ3n) is 5.55. The highest BCUT2D eigenvalue weighted by Gasteiger charge is 2.31. The van der Waals surface area contributed by atoms with Gasteiger partial charge in [-0.05, 0) is 49.2 Å². The van der Waals surface area contributed by atoms with E-state index in [-0.39, 0.29) is 11.9 Å². The standard InChI is InChI=1S/C24H24FN7O/c1-2-11-26-23-27-14-10-19(30-23)22-21(16-4-6-17(25)7-5-16)31-20-9-8-18(32(20)22)15-33-24-28-12-3-13-29-24/h3-7,10,12-14,18H,2,8-9,11,15H2,1H3,(H,26,27,30). The van der Waals surface area contributed by atoms with Crippen molar-refractivity contribution in [3.05, 3.63) is 66.6 Å². The van der Waals surface area contributed by atoms with Gasteiger partial charge in [-0.3, -0.25) is 0 Å². The lowest BCUT2D eigenvalue weighted by Crippen LogP contribution is -2.16. The van der Waals surface area contributed by atoms with Crippen molar-refractivity contribution in [1.82, 2.24) is 29.5 Å². The highest BCUT2D eigenvalue weighted by molar-refractivity contribution is 5.78. The van der Waals surface area contributed by atoms with Crippen LogP contribution in [0.1, 0.15) is 31.6 Å². The van der Waals surface area contributed by atoms with Gasteiger partial charge in [-0.25, -0.2) is 29.3 Å².